The zero-order valence-corrected chi connectivity index (χ0v) is 8.86. The Hall–Kier alpha value is -1.51. The first-order valence-electron chi connectivity index (χ1n) is 5.66. The highest BCUT2D eigenvalue weighted by Crippen LogP contribution is 2.44. The summed E-state index contributed by atoms with van der Waals surface area (Å²) in [4.78, 5) is 0. The predicted octanol–water partition coefficient (Wildman–Crippen LogP) is 2.91. The molecule has 0 saturated heterocycles. The molecular formula is C13H14FNO. The quantitative estimate of drug-likeness (QED) is 0.592. The second-order valence-electron chi connectivity index (χ2n) is 4.65. The molecule has 0 amide bonds. The van der Waals surface area contributed by atoms with Crippen molar-refractivity contribution in [2.24, 2.45) is 11.8 Å². The van der Waals surface area contributed by atoms with Gasteiger partial charge in [-0.25, -0.2) is 4.39 Å². The average Bonchev–Trinajstić information content (AvgIpc) is 2.61. The summed E-state index contributed by atoms with van der Waals surface area (Å²) in [5.74, 6) is 0.539. The number of anilines is 1. The molecule has 0 radical (unpaired) electrons. The summed E-state index contributed by atoms with van der Waals surface area (Å²) in [5.41, 5.74) is 0.749. The number of hydrogen-bond acceptors (Lipinski definition) is 2. The molecule has 2 aliphatic carbocycles. The number of allylic oxidation sites excluding steroid dienone is 1. The van der Waals surface area contributed by atoms with Gasteiger partial charge in [0.15, 0.2) is 11.6 Å². The number of aromatic hydroxyl groups is 1. The van der Waals surface area contributed by atoms with Crippen LogP contribution in [0.25, 0.3) is 0 Å². The van der Waals surface area contributed by atoms with E-state index >= 15 is 0 Å². The van der Waals surface area contributed by atoms with Crippen LogP contribution in [0.3, 0.4) is 0 Å². The van der Waals surface area contributed by atoms with Gasteiger partial charge in [-0.2, -0.15) is 0 Å². The highest BCUT2D eigenvalue weighted by molar-refractivity contribution is 5.48. The second kappa shape index (κ2) is 3.51. The van der Waals surface area contributed by atoms with E-state index in [0.29, 0.717) is 12.0 Å². The zero-order valence-electron chi connectivity index (χ0n) is 8.86. The van der Waals surface area contributed by atoms with E-state index in [9.17, 15) is 4.39 Å². The fourth-order valence-corrected chi connectivity index (χ4v) is 2.69. The molecule has 2 nitrogen and oxygen atoms in total. The van der Waals surface area contributed by atoms with Crippen LogP contribution < -0.4 is 5.32 Å². The van der Waals surface area contributed by atoms with Crippen LogP contribution in [0.4, 0.5) is 10.1 Å². The van der Waals surface area contributed by atoms with Gasteiger partial charge in [0.2, 0.25) is 0 Å². The SMILES string of the molecule is Oc1ccc(NC2CC3CC=CC32)cc1F. The molecule has 0 bridgehead atoms. The molecule has 16 heavy (non-hydrogen) atoms. The number of fused-ring (bicyclic) bond motifs is 1. The third kappa shape index (κ3) is 1.47. The molecule has 84 valence electrons. The number of phenols is 1. The Bertz CT molecular complexity index is 444. The molecule has 0 aliphatic heterocycles. The largest absolute Gasteiger partial charge is 0.505 e. The molecule has 3 unspecified atom stereocenters. The van der Waals surface area contributed by atoms with Gasteiger partial charge >= 0.3 is 0 Å². The van der Waals surface area contributed by atoms with Crippen LogP contribution in [-0.4, -0.2) is 11.1 Å². The van der Waals surface area contributed by atoms with E-state index in [1.165, 1.54) is 18.6 Å². The normalized spacial score (nSPS) is 30.9. The van der Waals surface area contributed by atoms with Gasteiger partial charge < -0.3 is 10.4 Å². The Labute approximate surface area is 93.8 Å². The van der Waals surface area contributed by atoms with Crippen molar-refractivity contribution >= 4 is 5.69 Å². The first-order chi connectivity index (χ1) is 7.74. The van der Waals surface area contributed by atoms with Gasteiger partial charge in [0, 0.05) is 23.7 Å². The maximum Gasteiger partial charge on any atom is 0.166 e. The van der Waals surface area contributed by atoms with Crippen molar-refractivity contribution in [1.29, 1.82) is 0 Å². The highest BCUT2D eigenvalue weighted by atomic mass is 19.1. The Morgan fingerprint density at radius 2 is 2.25 bits per heavy atom. The molecule has 2 aliphatic rings. The molecule has 0 spiro atoms. The molecular weight excluding hydrogens is 205 g/mol. The minimum absolute atomic E-state index is 0.294. The maximum absolute atomic E-state index is 13.1. The summed E-state index contributed by atoms with van der Waals surface area (Å²) in [5, 5.41) is 12.4. The molecule has 2 N–H and O–H groups in total. The van der Waals surface area contributed by atoms with Gasteiger partial charge in [-0.3, -0.25) is 0 Å². The summed E-state index contributed by atoms with van der Waals surface area (Å²) in [7, 11) is 0. The Morgan fingerprint density at radius 3 is 3.00 bits per heavy atom. The zero-order chi connectivity index (χ0) is 11.1. The Balaban J connectivity index is 1.70. The van der Waals surface area contributed by atoms with Crippen LogP contribution in [0.15, 0.2) is 30.4 Å². The fraction of sp³-hybridized carbons (Fsp3) is 0.385. The van der Waals surface area contributed by atoms with Gasteiger partial charge in [0.1, 0.15) is 0 Å². The lowest BCUT2D eigenvalue weighted by Gasteiger charge is -2.41. The topological polar surface area (TPSA) is 32.3 Å². The lowest BCUT2D eigenvalue weighted by Crippen LogP contribution is -2.43. The minimum atomic E-state index is -0.567. The standard InChI is InChI=1S/C13H14FNO/c14-11-7-9(4-5-13(11)16)15-12-6-8-2-1-3-10(8)12/h1,3-5,7-8,10,12,15-16H,2,6H2. The average molecular weight is 219 g/mol. The second-order valence-corrected chi connectivity index (χ2v) is 4.65. The van der Waals surface area contributed by atoms with Crippen LogP contribution in [0.5, 0.6) is 5.75 Å². The summed E-state index contributed by atoms with van der Waals surface area (Å²) >= 11 is 0. The maximum atomic E-state index is 13.1. The van der Waals surface area contributed by atoms with E-state index in [1.807, 2.05) is 0 Å². The van der Waals surface area contributed by atoms with E-state index in [1.54, 1.807) is 6.07 Å². The molecule has 3 atom stereocenters. The molecule has 0 heterocycles. The van der Waals surface area contributed by atoms with E-state index in [4.69, 9.17) is 5.11 Å². The van der Waals surface area contributed by atoms with Crippen molar-refractivity contribution in [3.63, 3.8) is 0 Å². The Kier molecular flexibility index (Phi) is 2.13. The number of hydrogen-bond donors (Lipinski definition) is 2. The van der Waals surface area contributed by atoms with Crippen molar-refractivity contribution in [3.8, 4) is 5.75 Å². The summed E-state index contributed by atoms with van der Waals surface area (Å²) in [6, 6.07) is 4.87. The lowest BCUT2D eigenvalue weighted by molar-refractivity contribution is 0.218. The molecule has 0 aromatic heterocycles. The molecule has 1 aromatic carbocycles. The van der Waals surface area contributed by atoms with E-state index in [-0.39, 0.29) is 5.75 Å². The van der Waals surface area contributed by atoms with Gasteiger partial charge in [-0.1, -0.05) is 12.2 Å². The molecule has 1 saturated carbocycles. The van der Waals surface area contributed by atoms with Crippen LogP contribution in [0, 0.1) is 17.7 Å². The molecule has 3 rings (SSSR count). The van der Waals surface area contributed by atoms with Gasteiger partial charge in [0.25, 0.3) is 0 Å². The molecule has 1 fully saturated rings. The van der Waals surface area contributed by atoms with Crippen LogP contribution in [-0.2, 0) is 0 Å². The van der Waals surface area contributed by atoms with Crippen molar-refractivity contribution in [3.05, 3.63) is 36.2 Å². The molecule has 1 aromatic rings. The van der Waals surface area contributed by atoms with E-state index < -0.39 is 5.82 Å². The predicted molar refractivity (Wildman–Crippen MR) is 60.8 cm³/mol. The monoisotopic (exact) mass is 219 g/mol. The van der Waals surface area contributed by atoms with Crippen molar-refractivity contribution in [2.45, 2.75) is 18.9 Å². The third-order valence-electron chi connectivity index (χ3n) is 3.66. The number of rotatable bonds is 2. The number of phenolic OH excluding ortho intramolecular Hbond substituents is 1. The number of nitrogens with one attached hydrogen (secondary N) is 1. The third-order valence-corrected chi connectivity index (χ3v) is 3.66. The lowest BCUT2D eigenvalue weighted by atomic mass is 9.71. The van der Waals surface area contributed by atoms with Crippen LogP contribution in [0.1, 0.15) is 12.8 Å². The molecule has 3 heteroatoms. The summed E-state index contributed by atoms with van der Waals surface area (Å²) in [6.07, 6.45) is 6.82. The highest BCUT2D eigenvalue weighted by Gasteiger charge is 2.40. The van der Waals surface area contributed by atoms with Crippen molar-refractivity contribution in [2.75, 3.05) is 5.32 Å². The minimum Gasteiger partial charge on any atom is -0.505 e. The first kappa shape index (κ1) is 9.70. The Morgan fingerprint density at radius 1 is 1.38 bits per heavy atom. The summed E-state index contributed by atoms with van der Waals surface area (Å²) in [6.45, 7) is 0. The summed E-state index contributed by atoms with van der Waals surface area (Å²) < 4.78 is 13.1. The van der Waals surface area contributed by atoms with Gasteiger partial charge in [-0.05, 0) is 30.9 Å². The van der Waals surface area contributed by atoms with Crippen molar-refractivity contribution < 1.29 is 9.50 Å². The fourth-order valence-electron chi connectivity index (χ4n) is 2.69. The van der Waals surface area contributed by atoms with Crippen LogP contribution in [0.2, 0.25) is 0 Å². The van der Waals surface area contributed by atoms with Gasteiger partial charge in [0.05, 0.1) is 0 Å². The number of halogens is 1. The smallest absolute Gasteiger partial charge is 0.166 e. The van der Waals surface area contributed by atoms with E-state index in [0.717, 1.165) is 18.0 Å². The number of benzene rings is 1. The van der Waals surface area contributed by atoms with Crippen LogP contribution >= 0.6 is 0 Å². The first-order valence-corrected chi connectivity index (χ1v) is 5.66. The van der Waals surface area contributed by atoms with E-state index in [2.05, 4.69) is 17.5 Å². The van der Waals surface area contributed by atoms with Crippen molar-refractivity contribution in [1.82, 2.24) is 0 Å². The van der Waals surface area contributed by atoms with Gasteiger partial charge in [-0.15, -0.1) is 0 Å².